The molecule has 0 aliphatic heterocycles. The summed E-state index contributed by atoms with van der Waals surface area (Å²) in [6, 6.07) is 7.23. The predicted molar refractivity (Wildman–Crippen MR) is 75.1 cm³/mol. The number of nitrogens with zero attached hydrogens (tertiary/aromatic N) is 1. The molecule has 0 aromatic heterocycles. The number of nitrogens with one attached hydrogen (secondary N) is 1. The van der Waals surface area contributed by atoms with Crippen molar-refractivity contribution >= 4 is 23.3 Å². The van der Waals surface area contributed by atoms with Gasteiger partial charge in [0.1, 0.15) is 0 Å². The fourth-order valence-corrected chi connectivity index (χ4v) is 2.12. The van der Waals surface area contributed by atoms with E-state index in [9.17, 15) is 4.79 Å². The molecule has 0 atom stereocenters. The minimum Gasteiger partial charge on any atom is -0.324 e. The zero-order chi connectivity index (χ0) is 13.0. The van der Waals surface area contributed by atoms with Crippen LogP contribution in [0.3, 0.4) is 0 Å². The highest BCUT2D eigenvalue weighted by Crippen LogP contribution is 2.30. The van der Waals surface area contributed by atoms with Crippen molar-refractivity contribution < 1.29 is 4.79 Å². The van der Waals surface area contributed by atoms with Crippen LogP contribution in [0.15, 0.2) is 24.3 Å². The number of anilines is 1. The number of amides is 2. The first-order chi connectivity index (χ1) is 8.69. The minimum atomic E-state index is -0.0222. The van der Waals surface area contributed by atoms with Gasteiger partial charge in [0, 0.05) is 23.8 Å². The molecule has 2 amide bonds. The maximum atomic E-state index is 12.1. The first-order valence-corrected chi connectivity index (χ1v) is 6.88. The van der Waals surface area contributed by atoms with E-state index < -0.39 is 0 Å². The van der Waals surface area contributed by atoms with Crippen LogP contribution in [-0.2, 0) is 0 Å². The van der Waals surface area contributed by atoms with Crippen molar-refractivity contribution in [2.45, 2.75) is 26.2 Å². The Hall–Kier alpha value is -1.22. The van der Waals surface area contributed by atoms with E-state index in [2.05, 4.69) is 12.2 Å². The van der Waals surface area contributed by atoms with Crippen molar-refractivity contribution in [2.75, 3.05) is 18.4 Å². The van der Waals surface area contributed by atoms with E-state index in [0.717, 1.165) is 25.2 Å². The van der Waals surface area contributed by atoms with E-state index >= 15 is 0 Å². The molecule has 98 valence electrons. The van der Waals surface area contributed by atoms with Crippen LogP contribution < -0.4 is 5.32 Å². The van der Waals surface area contributed by atoms with Crippen molar-refractivity contribution in [1.82, 2.24) is 4.90 Å². The SMILES string of the molecule is CCCN(CC1CC1)C(=O)Nc1cccc(Cl)c1. The van der Waals surface area contributed by atoms with Crippen LogP contribution in [0.2, 0.25) is 5.02 Å². The predicted octanol–water partition coefficient (Wildman–Crippen LogP) is 3.99. The van der Waals surface area contributed by atoms with Crippen LogP contribution in [0.4, 0.5) is 10.5 Å². The molecule has 1 aliphatic carbocycles. The molecular weight excluding hydrogens is 248 g/mol. The number of urea groups is 1. The summed E-state index contributed by atoms with van der Waals surface area (Å²) in [6.45, 7) is 3.77. The Labute approximate surface area is 113 Å². The van der Waals surface area contributed by atoms with Crippen LogP contribution in [0.25, 0.3) is 0 Å². The lowest BCUT2D eigenvalue weighted by Crippen LogP contribution is -2.37. The molecule has 4 heteroatoms. The Bertz CT molecular complexity index is 418. The minimum absolute atomic E-state index is 0.0222. The summed E-state index contributed by atoms with van der Waals surface area (Å²) in [6.07, 6.45) is 3.49. The zero-order valence-electron chi connectivity index (χ0n) is 10.7. The van der Waals surface area contributed by atoms with Gasteiger partial charge >= 0.3 is 6.03 Å². The largest absolute Gasteiger partial charge is 0.324 e. The summed E-state index contributed by atoms with van der Waals surface area (Å²) in [5.41, 5.74) is 0.754. The normalized spacial score (nSPS) is 14.3. The van der Waals surface area contributed by atoms with Crippen molar-refractivity contribution in [3.8, 4) is 0 Å². The summed E-state index contributed by atoms with van der Waals surface area (Å²) in [5, 5.41) is 3.54. The molecule has 2 rings (SSSR count). The average molecular weight is 267 g/mol. The number of hydrogen-bond donors (Lipinski definition) is 1. The summed E-state index contributed by atoms with van der Waals surface area (Å²) < 4.78 is 0. The second-order valence-corrected chi connectivity index (χ2v) is 5.27. The van der Waals surface area contributed by atoms with Gasteiger partial charge in [-0.05, 0) is 43.4 Å². The van der Waals surface area contributed by atoms with Gasteiger partial charge in [-0.15, -0.1) is 0 Å². The molecule has 1 aromatic carbocycles. The topological polar surface area (TPSA) is 32.3 Å². The highest BCUT2D eigenvalue weighted by Gasteiger charge is 2.26. The molecule has 0 radical (unpaired) electrons. The quantitative estimate of drug-likeness (QED) is 0.859. The lowest BCUT2D eigenvalue weighted by molar-refractivity contribution is 0.209. The third-order valence-electron chi connectivity index (χ3n) is 3.03. The van der Waals surface area contributed by atoms with Crippen molar-refractivity contribution in [3.05, 3.63) is 29.3 Å². The number of hydrogen-bond acceptors (Lipinski definition) is 1. The standard InChI is InChI=1S/C14H19ClN2O/c1-2-8-17(10-11-6-7-11)14(18)16-13-5-3-4-12(15)9-13/h3-5,9,11H,2,6-8,10H2,1H3,(H,16,18). The molecule has 18 heavy (non-hydrogen) atoms. The average Bonchev–Trinajstić information content (AvgIpc) is 3.12. The highest BCUT2D eigenvalue weighted by molar-refractivity contribution is 6.30. The molecule has 1 fully saturated rings. The lowest BCUT2D eigenvalue weighted by atomic mass is 10.3. The molecule has 1 saturated carbocycles. The summed E-state index contributed by atoms with van der Waals surface area (Å²) in [4.78, 5) is 14.1. The van der Waals surface area contributed by atoms with Gasteiger partial charge in [-0.25, -0.2) is 4.79 Å². The number of carbonyl (C=O) groups is 1. The second kappa shape index (κ2) is 6.10. The van der Waals surface area contributed by atoms with E-state index in [1.54, 1.807) is 12.1 Å². The Kier molecular flexibility index (Phi) is 4.48. The Morgan fingerprint density at radius 3 is 2.89 bits per heavy atom. The summed E-state index contributed by atoms with van der Waals surface area (Å²) in [5.74, 6) is 0.710. The second-order valence-electron chi connectivity index (χ2n) is 4.83. The first kappa shape index (κ1) is 13.2. The lowest BCUT2D eigenvalue weighted by Gasteiger charge is -2.22. The molecule has 0 heterocycles. The van der Waals surface area contributed by atoms with Crippen LogP contribution in [0, 0.1) is 5.92 Å². The Morgan fingerprint density at radius 2 is 2.28 bits per heavy atom. The number of rotatable bonds is 5. The molecule has 0 saturated heterocycles. The van der Waals surface area contributed by atoms with Gasteiger partial charge in [0.2, 0.25) is 0 Å². The number of carbonyl (C=O) groups excluding carboxylic acids is 1. The van der Waals surface area contributed by atoms with Crippen LogP contribution in [-0.4, -0.2) is 24.0 Å². The van der Waals surface area contributed by atoms with Gasteiger partial charge in [-0.2, -0.15) is 0 Å². The number of benzene rings is 1. The molecule has 1 N–H and O–H groups in total. The molecule has 0 bridgehead atoms. The fraction of sp³-hybridized carbons (Fsp3) is 0.500. The van der Waals surface area contributed by atoms with Gasteiger partial charge in [-0.1, -0.05) is 24.6 Å². The molecular formula is C14H19ClN2O. The molecule has 0 unspecified atom stereocenters. The van der Waals surface area contributed by atoms with Crippen molar-refractivity contribution in [2.24, 2.45) is 5.92 Å². The maximum Gasteiger partial charge on any atom is 0.321 e. The van der Waals surface area contributed by atoms with Gasteiger partial charge < -0.3 is 10.2 Å². The smallest absolute Gasteiger partial charge is 0.321 e. The molecule has 1 aromatic rings. The van der Waals surface area contributed by atoms with E-state index in [4.69, 9.17) is 11.6 Å². The Balaban J connectivity index is 1.94. The van der Waals surface area contributed by atoms with Gasteiger partial charge in [0.15, 0.2) is 0 Å². The van der Waals surface area contributed by atoms with Crippen LogP contribution in [0.5, 0.6) is 0 Å². The molecule has 0 spiro atoms. The van der Waals surface area contributed by atoms with Gasteiger partial charge in [0.05, 0.1) is 0 Å². The van der Waals surface area contributed by atoms with E-state index in [1.165, 1.54) is 12.8 Å². The van der Waals surface area contributed by atoms with Crippen LogP contribution in [0.1, 0.15) is 26.2 Å². The zero-order valence-corrected chi connectivity index (χ0v) is 11.4. The van der Waals surface area contributed by atoms with Gasteiger partial charge in [0.25, 0.3) is 0 Å². The van der Waals surface area contributed by atoms with Crippen LogP contribution >= 0.6 is 11.6 Å². The highest BCUT2D eigenvalue weighted by atomic mass is 35.5. The maximum absolute atomic E-state index is 12.1. The van der Waals surface area contributed by atoms with Crippen molar-refractivity contribution in [3.63, 3.8) is 0 Å². The monoisotopic (exact) mass is 266 g/mol. The summed E-state index contributed by atoms with van der Waals surface area (Å²) >= 11 is 5.90. The molecule has 3 nitrogen and oxygen atoms in total. The van der Waals surface area contributed by atoms with Crippen molar-refractivity contribution in [1.29, 1.82) is 0 Å². The van der Waals surface area contributed by atoms with E-state index in [1.807, 2.05) is 17.0 Å². The first-order valence-electron chi connectivity index (χ1n) is 6.50. The Morgan fingerprint density at radius 1 is 1.50 bits per heavy atom. The fourth-order valence-electron chi connectivity index (χ4n) is 1.93. The molecule has 1 aliphatic rings. The third-order valence-corrected chi connectivity index (χ3v) is 3.27. The van der Waals surface area contributed by atoms with E-state index in [-0.39, 0.29) is 6.03 Å². The summed E-state index contributed by atoms with van der Waals surface area (Å²) in [7, 11) is 0. The third kappa shape index (κ3) is 3.91. The number of halogens is 1. The van der Waals surface area contributed by atoms with E-state index in [0.29, 0.717) is 10.9 Å². The van der Waals surface area contributed by atoms with Gasteiger partial charge in [-0.3, -0.25) is 0 Å².